The number of hydrogen-bond donors (Lipinski definition) is 1. The minimum absolute atomic E-state index is 0.0145. The Labute approximate surface area is 136 Å². The molecule has 2 bridgehead atoms. The van der Waals surface area contributed by atoms with Crippen LogP contribution in [-0.2, 0) is 15.1 Å². The Morgan fingerprint density at radius 1 is 0.826 bits per heavy atom. The van der Waals surface area contributed by atoms with Crippen LogP contribution in [0.3, 0.4) is 0 Å². The van der Waals surface area contributed by atoms with Crippen LogP contribution < -0.4 is 0 Å². The first-order valence-corrected chi connectivity index (χ1v) is 9.33. The molecule has 1 N–H and O–H groups in total. The van der Waals surface area contributed by atoms with Crippen LogP contribution in [0.15, 0.2) is 30.3 Å². The third-order valence-corrected chi connectivity index (χ3v) is 8.72. The monoisotopic (exact) mass is 310 g/mol. The van der Waals surface area contributed by atoms with Gasteiger partial charge in [-0.2, -0.15) is 0 Å². The van der Waals surface area contributed by atoms with Crippen LogP contribution in [0.25, 0.3) is 0 Å². The van der Waals surface area contributed by atoms with Crippen LogP contribution in [0.5, 0.6) is 0 Å². The fourth-order valence-electron chi connectivity index (χ4n) is 8.71. The van der Waals surface area contributed by atoms with Gasteiger partial charge in [0.05, 0.1) is 18.8 Å². The van der Waals surface area contributed by atoms with E-state index in [2.05, 4.69) is 30.3 Å². The van der Waals surface area contributed by atoms with E-state index in [1.54, 1.807) is 0 Å². The molecule has 0 spiro atoms. The van der Waals surface area contributed by atoms with Gasteiger partial charge in [0, 0.05) is 5.92 Å². The largest absolute Gasteiger partial charge is 0.385 e. The first kappa shape index (κ1) is 12.5. The molecule has 6 fully saturated rings. The second-order valence-electron chi connectivity index (χ2n) is 8.80. The molecule has 0 radical (unpaired) electrons. The molecule has 6 aliphatic rings. The smallest absolute Gasteiger partial charge is 0.161 e. The van der Waals surface area contributed by atoms with E-state index >= 15 is 0 Å². The summed E-state index contributed by atoms with van der Waals surface area (Å²) in [6.45, 7) is 1.50. The molecule has 23 heavy (non-hydrogen) atoms. The van der Waals surface area contributed by atoms with Gasteiger partial charge < -0.3 is 14.6 Å². The molecule has 10 atom stereocenters. The zero-order valence-electron chi connectivity index (χ0n) is 13.0. The van der Waals surface area contributed by atoms with Crippen LogP contribution >= 0.6 is 0 Å². The Morgan fingerprint density at radius 2 is 1.57 bits per heavy atom. The lowest BCUT2D eigenvalue weighted by Gasteiger charge is -2.55. The molecule has 1 saturated heterocycles. The molecule has 5 aliphatic carbocycles. The van der Waals surface area contributed by atoms with Gasteiger partial charge in [-0.3, -0.25) is 0 Å². The molecule has 3 heteroatoms. The molecule has 0 aromatic heterocycles. The number of aliphatic hydroxyl groups is 1. The van der Waals surface area contributed by atoms with E-state index in [4.69, 9.17) is 9.47 Å². The number of hydrogen-bond acceptors (Lipinski definition) is 3. The van der Waals surface area contributed by atoms with Crippen molar-refractivity contribution in [1.29, 1.82) is 0 Å². The summed E-state index contributed by atoms with van der Waals surface area (Å²) in [7, 11) is 0. The van der Waals surface area contributed by atoms with Gasteiger partial charge in [0.25, 0.3) is 0 Å². The van der Waals surface area contributed by atoms with Gasteiger partial charge in [-0.05, 0) is 59.3 Å². The van der Waals surface area contributed by atoms with Crippen molar-refractivity contribution in [2.45, 2.75) is 18.3 Å². The summed E-state index contributed by atoms with van der Waals surface area (Å²) in [5.41, 5.74) is 0.591. The lowest BCUT2D eigenvalue weighted by molar-refractivity contribution is -0.206. The first-order chi connectivity index (χ1) is 11.3. The van der Waals surface area contributed by atoms with Crippen molar-refractivity contribution in [2.24, 2.45) is 53.3 Å². The zero-order chi connectivity index (χ0) is 14.9. The van der Waals surface area contributed by atoms with Crippen molar-refractivity contribution in [3.05, 3.63) is 35.9 Å². The van der Waals surface area contributed by atoms with Gasteiger partial charge in [-0.1, -0.05) is 30.3 Å². The van der Waals surface area contributed by atoms with E-state index in [9.17, 15) is 5.11 Å². The Bertz CT molecular complexity index is 683. The summed E-state index contributed by atoms with van der Waals surface area (Å²) in [5.74, 6) is 5.94. The summed E-state index contributed by atoms with van der Waals surface area (Å²) in [4.78, 5) is 0. The third kappa shape index (κ3) is 1.09. The molecule has 1 aromatic rings. The minimum Gasteiger partial charge on any atom is -0.385 e. The van der Waals surface area contributed by atoms with E-state index in [-0.39, 0.29) is 6.29 Å². The molecule has 7 rings (SSSR count). The first-order valence-electron chi connectivity index (χ1n) is 9.33. The highest BCUT2D eigenvalue weighted by molar-refractivity contribution is 5.40. The minimum atomic E-state index is -0.581. The molecule has 1 heterocycles. The maximum absolute atomic E-state index is 11.9. The standard InChI is InChI=1S/C20H22O3/c21-20(9-4-2-1-3-5-9)17-11-8-10-12-14(11)18(20)15(12)16(13(10)17)19-22-6-7-23-19/h1-5,10-19,21H,6-8H2/t10-,11+,12-,13+,14+,15-,16-,17+,18-,20-/m0/s1. The van der Waals surface area contributed by atoms with Crippen LogP contribution in [0, 0.1) is 53.3 Å². The molecular formula is C20H22O3. The predicted octanol–water partition coefficient (Wildman–Crippen LogP) is 2.25. The van der Waals surface area contributed by atoms with Crippen molar-refractivity contribution in [1.82, 2.24) is 0 Å². The molecule has 1 aromatic carbocycles. The summed E-state index contributed by atoms with van der Waals surface area (Å²) < 4.78 is 11.9. The normalized spacial score (nSPS) is 60.8. The van der Waals surface area contributed by atoms with Crippen LogP contribution in [0.4, 0.5) is 0 Å². The van der Waals surface area contributed by atoms with Gasteiger partial charge in [0.2, 0.25) is 0 Å². The lowest BCUT2D eigenvalue weighted by atomic mass is 9.52. The summed E-state index contributed by atoms with van der Waals surface area (Å²) in [5, 5.41) is 11.9. The van der Waals surface area contributed by atoms with Crippen LogP contribution in [0.2, 0.25) is 0 Å². The molecule has 0 unspecified atom stereocenters. The van der Waals surface area contributed by atoms with E-state index in [1.165, 1.54) is 12.0 Å². The average molecular weight is 310 g/mol. The molecule has 5 saturated carbocycles. The zero-order valence-corrected chi connectivity index (χ0v) is 13.0. The van der Waals surface area contributed by atoms with Crippen molar-refractivity contribution >= 4 is 0 Å². The number of fused-ring (bicyclic) bond motifs is 2. The van der Waals surface area contributed by atoms with E-state index in [0.717, 1.165) is 36.9 Å². The highest BCUT2D eigenvalue weighted by Gasteiger charge is 2.88. The summed E-state index contributed by atoms with van der Waals surface area (Å²) in [6, 6.07) is 10.5. The fraction of sp³-hybridized carbons (Fsp3) is 0.700. The van der Waals surface area contributed by atoms with Crippen LogP contribution in [0.1, 0.15) is 12.0 Å². The molecular weight excluding hydrogens is 288 g/mol. The average Bonchev–Trinajstić information content (AvgIpc) is 3.25. The van der Waals surface area contributed by atoms with E-state index in [0.29, 0.717) is 29.6 Å². The molecule has 1 aliphatic heterocycles. The SMILES string of the molecule is O[C@]1(c2ccccc2)[C@H]2[C@@H]3[C@H]4C[C@H]5[C@@H]3[C@H]2[C@@H](C2OCCO2)[C@@H]5[C@@H]41. The third-order valence-electron chi connectivity index (χ3n) is 8.72. The molecule has 3 nitrogen and oxygen atoms in total. The highest BCUT2D eigenvalue weighted by atomic mass is 16.7. The topological polar surface area (TPSA) is 38.7 Å². The van der Waals surface area contributed by atoms with Crippen molar-refractivity contribution in [3.8, 4) is 0 Å². The molecule has 0 amide bonds. The van der Waals surface area contributed by atoms with Gasteiger partial charge in [0.15, 0.2) is 6.29 Å². The number of ether oxygens (including phenoxy) is 2. The second-order valence-corrected chi connectivity index (χ2v) is 8.80. The van der Waals surface area contributed by atoms with Crippen LogP contribution in [-0.4, -0.2) is 24.6 Å². The summed E-state index contributed by atoms with van der Waals surface area (Å²) in [6.07, 6.45) is 1.37. The van der Waals surface area contributed by atoms with Gasteiger partial charge in [-0.25, -0.2) is 0 Å². The summed E-state index contributed by atoms with van der Waals surface area (Å²) >= 11 is 0. The maximum Gasteiger partial charge on any atom is 0.161 e. The Morgan fingerprint density at radius 3 is 2.35 bits per heavy atom. The maximum atomic E-state index is 11.9. The molecule has 120 valence electrons. The van der Waals surface area contributed by atoms with Crippen molar-refractivity contribution < 1.29 is 14.6 Å². The number of rotatable bonds is 2. The Balaban J connectivity index is 1.39. The number of benzene rings is 1. The Hall–Kier alpha value is -0.900. The highest BCUT2D eigenvalue weighted by Crippen LogP contribution is 2.88. The van der Waals surface area contributed by atoms with Crippen molar-refractivity contribution in [3.63, 3.8) is 0 Å². The quantitative estimate of drug-likeness (QED) is 0.910. The lowest BCUT2D eigenvalue weighted by Crippen LogP contribution is -2.57. The van der Waals surface area contributed by atoms with Crippen molar-refractivity contribution in [2.75, 3.05) is 13.2 Å². The van der Waals surface area contributed by atoms with Gasteiger partial charge >= 0.3 is 0 Å². The van der Waals surface area contributed by atoms with E-state index in [1.807, 2.05) is 0 Å². The van der Waals surface area contributed by atoms with E-state index < -0.39 is 5.60 Å². The second kappa shape index (κ2) is 3.68. The van der Waals surface area contributed by atoms with Gasteiger partial charge in [-0.15, -0.1) is 0 Å². The fourth-order valence-corrected chi connectivity index (χ4v) is 8.71. The Kier molecular flexibility index (Phi) is 2.00. The van der Waals surface area contributed by atoms with Gasteiger partial charge in [0.1, 0.15) is 0 Å². The predicted molar refractivity (Wildman–Crippen MR) is 82.1 cm³/mol.